The Labute approximate surface area is 101 Å². The molecule has 1 N–H and O–H groups in total. The van der Waals surface area contributed by atoms with Gasteiger partial charge in [0, 0.05) is 23.1 Å². The summed E-state index contributed by atoms with van der Waals surface area (Å²) >= 11 is 11.6. The Morgan fingerprint density at radius 2 is 1.87 bits per heavy atom. The molecule has 0 fully saturated rings. The average Bonchev–Trinajstić information content (AvgIpc) is 2.08. The van der Waals surface area contributed by atoms with E-state index in [0.717, 1.165) is 11.6 Å². The molecule has 1 rings (SSSR count). The van der Waals surface area contributed by atoms with Crippen molar-refractivity contribution in [3.63, 3.8) is 0 Å². The van der Waals surface area contributed by atoms with E-state index in [-0.39, 0.29) is 0 Å². The van der Waals surface area contributed by atoms with Gasteiger partial charge in [0.15, 0.2) is 0 Å². The van der Waals surface area contributed by atoms with Gasteiger partial charge in [-0.25, -0.2) is 0 Å². The van der Waals surface area contributed by atoms with Crippen LogP contribution in [0, 0.1) is 13.8 Å². The second-order valence-electron chi connectivity index (χ2n) is 3.64. The molecule has 0 heterocycles. The molecule has 82 valence electrons. The molecule has 0 aliphatic heterocycles. The first-order valence-corrected chi connectivity index (χ1v) is 5.56. The fraction of sp³-hybridized carbons (Fsp3) is 0.333. The van der Waals surface area contributed by atoms with Crippen LogP contribution < -0.4 is 5.32 Å². The first-order chi connectivity index (χ1) is 7.00. The van der Waals surface area contributed by atoms with Gasteiger partial charge < -0.3 is 5.32 Å². The Kier molecular flexibility index (Phi) is 4.65. The quantitative estimate of drug-likeness (QED) is 0.849. The minimum absolute atomic E-state index is 0.624. The van der Waals surface area contributed by atoms with Crippen LogP contribution in [0.4, 0.5) is 0 Å². The molecule has 0 unspecified atom stereocenters. The first-order valence-electron chi connectivity index (χ1n) is 4.80. The molecule has 0 spiro atoms. The van der Waals surface area contributed by atoms with Crippen LogP contribution in [-0.2, 0) is 6.54 Å². The van der Waals surface area contributed by atoms with Gasteiger partial charge >= 0.3 is 0 Å². The van der Waals surface area contributed by atoms with Crippen LogP contribution in [0.1, 0.15) is 16.7 Å². The highest BCUT2D eigenvalue weighted by Gasteiger charge is 2.03. The number of aryl methyl sites for hydroxylation is 2. The van der Waals surface area contributed by atoms with E-state index in [1.807, 2.05) is 12.1 Å². The molecule has 0 aromatic heterocycles. The zero-order valence-electron chi connectivity index (χ0n) is 9.03. The van der Waals surface area contributed by atoms with Gasteiger partial charge in [-0.15, -0.1) is 0 Å². The monoisotopic (exact) mass is 243 g/mol. The lowest BCUT2D eigenvalue weighted by Gasteiger charge is -2.11. The molecule has 0 amide bonds. The highest BCUT2D eigenvalue weighted by atomic mass is 35.5. The summed E-state index contributed by atoms with van der Waals surface area (Å²) in [6.07, 6.45) is 0. The molecule has 0 radical (unpaired) electrons. The maximum atomic E-state index is 5.95. The third kappa shape index (κ3) is 3.86. The Balaban J connectivity index is 2.72. The first kappa shape index (κ1) is 12.6. The van der Waals surface area contributed by atoms with Crippen LogP contribution in [0.25, 0.3) is 0 Å². The van der Waals surface area contributed by atoms with Crippen molar-refractivity contribution in [2.24, 2.45) is 0 Å². The summed E-state index contributed by atoms with van der Waals surface area (Å²) in [7, 11) is 0. The summed E-state index contributed by atoms with van der Waals surface area (Å²) in [5, 5.41) is 4.64. The lowest BCUT2D eigenvalue weighted by atomic mass is 10.0. The summed E-state index contributed by atoms with van der Waals surface area (Å²) in [4.78, 5) is 0. The number of rotatable bonds is 4. The lowest BCUT2D eigenvalue weighted by Crippen LogP contribution is -2.16. The Morgan fingerprint density at radius 3 is 2.33 bits per heavy atom. The molecule has 0 bridgehead atoms. The van der Waals surface area contributed by atoms with Crippen molar-refractivity contribution < 1.29 is 0 Å². The van der Waals surface area contributed by atoms with Gasteiger partial charge in [-0.3, -0.25) is 0 Å². The zero-order chi connectivity index (χ0) is 11.4. The summed E-state index contributed by atoms with van der Waals surface area (Å²) in [5.41, 5.74) is 3.68. The summed E-state index contributed by atoms with van der Waals surface area (Å²) < 4.78 is 0. The molecule has 0 aliphatic carbocycles. The molecular formula is C12H15Cl2N. The van der Waals surface area contributed by atoms with Gasteiger partial charge in [-0.1, -0.05) is 29.8 Å². The van der Waals surface area contributed by atoms with E-state index >= 15 is 0 Å². The van der Waals surface area contributed by atoms with E-state index in [2.05, 4.69) is 25.7 Å². The average molecular weight is 244 g/mol. The minimum Gasteiger partial charge on any atom is -0.308 e. The van der Waals surface area contributed by atoms with E-state index in [9.17, 15) is 0 Å². The van der Waals surface area contributed by atoms with Crippen molar-refractivity contribution >= 4 is 23.2 Å². The molecule has 0 saturated heterocycles. The summed E-state index contributed by atoms with van der Waals surface area (Å²) in [5.74, 6) is 0. The van der Waals surface area contributed by atoms with Gasteiger partial charge in [0.1, 0.15) is 0 Å². The van der Waals surface area contributed by atoms with Gasteiger partial charge in [-0.2, -0.15) is 0 Å². The van der Waals surface area contributed by atoms with Crippen LogP contribution in [0.15, 0.2) is 23.7 Å². The summed E-state index contributed by atoms with van der Waals surface area (Å²) in [6, 6.07) is 3.95. The van der Waals surface area contributed by atoms with Gasteiger partial charge in [0.05, 0.1) is 0 Å². The Bertz CT molecular complexity index is 349. The highest BCUT2D eigenvalue weighted by molar-refractivity contribution is 6.30. The molecule has 1 aromatic rings. The Hall–Kier alpha value is -0.500. The molecule has 3 heteroatoms. The predicted molar refractivity (Wildman–Crippen MR) is 67.6 cm³/mol. The second kappa shape index (κ2) is 5.55. The lowest BCUT2D eigenvalue weighted by molar-refractivity contribution is 0.747. The molecule has 0 atom stereocenters. The van der Waals surface area contributed by atoms with E-state index < -0.39 is 0 Å². The molecular weight excluding hydrogens is 229 g/mol. The predicted octanol–water partition coefficient (Wildman–Crippen LogP) is 3.80. The van der Waals surface area contributed by atoms with Crippen molar-refractivity contribution in [1.82, 2.24) is 5.32 Å². The fourth-order valence-corrected chi connectivity index (χ4v) is 1.96. The van der Waals surface area contributed by atoms with Crippen LogP contribution in [0.2, 0.25) is 5.02 Å². The van der Waals surface area contributed by atoms with Crippen LogP contribution in [0.5, 0.6) is 0 Å². The van der Waals surface area contributed by atoms with Crippen molar-refractivity contribution in [1.29, 1.82) is 0 Å². The number of hydrogen-bond donors (Lipinski definition) is 1. The largest absolute Gasteiger partial charge is 0.308 e. The standard InChI is InChI=1S/C12H15Cl2N/c1-8-4-11(14)5-9(2)12(8)7-15-6-10(3)13/h4-5,15H,3,6-7H2,1-2H3. The molecule has 1 nitrogen and oxygen atoms in total. The van der Waals surface area contributed by atoms with Crippen LogP contribution in [-0.4, -0.2) is 6.54 Å². The third-order valence-corrected chi connectivity index (χ3v) is 2.63. The van der Waals surface area contributed by atoms with Crippen molar-refractivity contribution in [3.05, 3.63) is 45.5 Å². The topological polar surface area (TPSA) is 12.0 Å². The smallest absolute Gasteiger partial charge is 0.0411 e. The van der Waals surface area contributed by atoms with E-state index in [4.69, 9.17) is 23.2 Å². The van der Waals surface area contributed by atoms with E-state index in [0.29, 0.717) is 11.6 Å². The molecule has 1 aromatic carbocycles. The number of halogens is 2. The fourth-order valence-electron chi connectivity index (χ4n) is 1.54. The SMILES string of the molecule is C=C(Cl)CNCc1c(C)cc(Cl)cc1C. The number of nitrogens with one attached hydrogen (secondary N) is 1. The molecule has 0 aliphatic rings. The van der Waals surface area contributed by atoms with Crippen molar-refractivity contribution in [2.45, 2.75) is 20.4 Å². The number of hydrogen-bond acceptors (Lipinski definition) is 1. The number of benzene rings is 1. The van der Waals surface area contributed by atoms with Gasteiger partial charge in [0.2, 0.25) is 0 Å². The normalized spacial score (nSPS) is 10.4. The maximum Gasteiger partial charge on any atom is 0.0411 e. The van der Waals surface area contributed by atoms with Crippen molar-refractivity contribution in [3.8, 4) is 0 Å². The second-order valence-corrected chi connectivity index (χ2v) is 4.61. The Morgan fingerprint density at radius 1 is 1.33 bits per heavy atom. The summed E-state index contributed by atoms with van der Waals surface area (Å²) in [6.45, 7) is 9.17. The maximum absolute atomic E-state index is 5.95. The molecule has 15 heavy (non-hydrogen) atoms. The zero-order valence-corrected chi connectivity index (χ0v) is 10.5. The third-order valence-electron chi connectivity index (χ3n) is 2.28. The molecule has 0 saturated carbocycles. The van der Waals surface area contributed by atoms with Gasteiger partial charge in [0.25, 0.3) is 0 Å². The van der Waals surface area contributed by atoms with E-state index in [1.165, 1.54) is 16.7 Å². The van der Waals surface area contributed by atoms with Crippen LogP contribution >= 0.6 is 23.2 Å². The van der Waals surface area contributed by atoms with E-state index in [1.54, 1.807) is 0 Å². The van der Waals surface area contributed by atoms with Gasteiger partial charge in [-0.05, 0) is 42.7 Å². The minimum atomic E-state index is 0.624. The highest BCUT2D eigenvalue weighted by Crippen LogP contribution is 2.19. The van der Waals surface area contributed by atoms with Crippen LogP contribution in [0.3, 0.4) is 0 Å². The van der Waals surface area contributed by atoms with Crippen molar-refractivity contribution in [2.75, 3.05) is 6.54 Å².